The summed E-state index contributed by atoms with van der Waals surface area (Å²) in [6.45, 7) is 5.11. The molecule has 96 valence electrons. The predicted molar refractivity (Wildman–Crippen MR) is 70.1 cm³/mol. The van der Waals surface area contributed by atoms with Gasteiger partial charge in [0, 0.05) is 23.6 Å². The Morgan fingerprint density at radius 2 is 2.22 bits per heavy atom. The summed E-state index contributed by atoms with van der Waals surface area (Å²) in [5.74, 6) is 0.0736. The molecular formula is C14H17NO3. The highest BCUT2D eigenvalue weighted by Gasteiger charge is 2.08. The first-order chi connectivity index (χ1) is 8.61. The van der Waals surface area contributed by atoms with E-state index < -0.39 is 5.97 Å². The molecule has 0 aliphatic heterocycles. The van der Waals surface area contributed by atoms with Crippen LogP contribution >= 0.6 is 0 Å². The van der Waals surface area contributed by atoms with Gasteiger partial charge in [-0.1, -0.05) is 0 Å². The summed E-state index contributed by atoms with van der Waals surface area (Å²) >= 11 is 0. The normalized spacial score (nSPS) is 10.8. The van der Waals surface area contributed by atoms with Gasteiger partial charge in [-0.3, -0.25) is 4.79 Å². The van der Waals surface area contributed by atoms with Crippen molar-refractivity contribution in [1.82, 2.24) is 4.57 Å². The van der Waals surface area contributed by atoms with Crippen LogP contribution in [0.4, 0.5) is 0 Å². The predicted octanol–water partition coefficient (Wildman–Crippen LogP) is 2.82. The zero-order valence-corrected chi connectivity index (χ0v) is 10.6. The first-order valence-electron chi connectivity index (χ1n) is 6.06. The van der Waals surface area contributed by atoms with E-state index in [9.17, 15) is 4.79 Å². The molecule has 4 nitrogen and oxygen atoms in total. The Kier molecular flexibility index (Phi) is 3.55. The monoisotopic (exact) mass is 247 g/mol. The molecule has 0 aliphatic rings. The number of benzene rings is 1. The molecule has 1 aromatic heterocycles. The molecule has 0 saturated carbocycles. The zero-order chi connectivity index (χ0) is 13.1. The standard InChI is InChI=1S/C14H17NO3/c1-3-18-11-4-5-13-12(8-11)10(2)9-15(13)7-6-14(16)17/h4-5,8-9H,3,6-7H2,1-2H3,(H,16,17). The van der Waals surface area contributed by atoms with Crippen molar-refractivity contribution in [3.05, 3.63) is 30.0 Å². The Bertz CT molecular complexity index is 572. The second-order valence-electron chi connectivity index (χ2n) is 4.26. The Balaban J connectivity index is 2.36. The average Bonchev–Trinajstić information content (AvgIpc) is 2.64. The van der Waals surface area contributed by atoms with Gasteiger partial charge in [0.15, 0.2) is 0 Å². The molecule has 1 heterocycles. The van der Waals surface area contributed by atoms with E-state index in [-0.39, 0.29) is 6.42 Å². The molecule has 0 fully saturated rings. The van der Waals surface area contributed by atoms with Gasteiger partial charge in [-0.15, -0.1) is 0 Å². The van der Waals surface area contributed by atoms with Gasteiger partial charge in [0.2, 0.25) is 0 Å². The van der Waals surface area contributed by atoms with E-state index >= 15 is 0 Å². The number of aliphatic carboxylic acids is 1. The fourth-order valence-electron chi connectivity index (χ4n) is 2.11. The maximum Gasteiger partial charge on any atom is 0.305 e. The molecule has 1 aromatic carbocycles. The number of fused-ring (bicyclic) bond motifs is 1. The number of carbonyl (C=O) groups is 1. The third-order valence-electron chi connectivity index (χ3n) is 2.93. The van der Waals surface area contributed by atoms with Crippen molar-refractivity contribution in [3.63, 3.8) is 0 Å². The molecule has 0 atom stereocenters. The Morgan fingerprint density at radius 1 is 1.44 bits per heavy atom. The third kappa shape index (κ3) is 2.47. The largest absolute Gasteiger partial charge is 0.494 e. The van der Waals surface area contributed by atoms with Crippen molar-refractivity contribution in [2.24, 2.45) is 0 Å². The van der Waals surface area contributed by atoms with E-state index in [0.29, 0.717) is 13.2 Å². The Hall–Kier alpha value is -1.97. The zero-order valence-electron chi connectivity index (χ0n) is 10.6. The topological polar surface area (TPSA) is 51.5 Å². The maximum atomic E-state index is 10.6. The summed E-state index contributed by atoms with van der Waals surface area (Å²) in [5.41, 5.74) is 2.19. The minimum absolute atomic E-state index is 0.135. The second-order valence-corrected chi connectivity index (χ2v) is 4.26. The molecule has 0 saturated heterocycles. The van der Waals surface area contributed by atoms with Crippen molar-refractivity contribution < 1.29 is 14.6 Å². The van der Waals surface area contributed by atoms with Crippen molar-refractivity contribution in [2.75, 3.05) is 6.61 Å². The maximum absolute atomic E-state index is 10.6. The number of hydrogen-bond acceptors (Lipinski definition) is 2. The number of rotatable bonds is 5. The summed E-state index contributed by atoms with van der Waals surface area (Å²) in [7, 11) is 0. The van der Waals surface area contributed by atoms with Crippen LogP contribution < -0.4 is 4.74 Å². The van der Waals surface area contributed by atoms with Crippen LogP contribution in [0.5, 0.6) is 5.75 Å². The van der Waals surface area contributed by atoms with Gasteiger partial charge in [0.05, 0.1) is 13.0 Å². The molecule has 0 aliphatic carbocycles. The lowest BCUT2D eigenvalue weighted by atomic mass is 10.2. The van der Waals surface area contributed by atoms with Gasteiger partial charge in [0.25, 0.3) is 0 Å². The van der Waals surface area contributed by atoms with Crippen molar-refractivity contribution >= 4 is 16.9 Å². The van der Waals surface area contributed by atoms with E-state index in [1.165, 1.54) is 0 Å². The highest BCUT2D eigenvalue weighted by molar-refractivity contribution is 5.85. The Morgan fingerprint density at radius 3 is 2.89 bits per heavy atom. The molecule has 0 radical (unpaired) electrons. The molecule has 0 amide bonds. The van der Waals surface area contributed by atoms with Gasteiger partial charge in [-0.2, -0.15) is 0 Å². The van der Waals surface area contributed by atoms with E-state index in [1.54, 1.807) is 0 Å². The number of ether oxygens (including phenoxy) is 1. The fraction of sp³-hybridized carbons (Fsp3) is 0.357. The minimum atomic E-state index is -0.777. The smallest absolute Gasteiger partial charge is 0.305 e. The van der Waals surface area contributed by atoms with Crippen LogP contribution in [0.25, 0.3) is 10.9 Å². The molecule has 2 rings (SSSR count). The molecule has 0 bridgehead atoms. The van der Waals surface area contributed by atoms with Crippen molar-refractivity contribution in [1.29, 1.82) is 0 Å². The number of aryl methyl sites for hydroxylation is 2. The fourth-order valence-corrected chi connectivity index (χ4v) is 2.11. The summed E-state index contributed by atoms with van der Waals surface area (Å²) in [6.07, 6.45) is 2.12. The average molecular weight is 247 g/mol. The van der Waals surface area contributed by atoms with E-state index in [2.05, 4.69) is 0 Å². The summed E-state index contributed by atoms with van der Waals surface area (Å²) in [6, 6.07) is 5.91. The summed E-state index contributed by atoms with van der Waals surface area (Å²) in [5, 5.41) is 9.85. The third-order valence-corrected chi connectivity index (χ3v) is 2.93. The van der Waals surface area contributed by atoms with Gasteiger partial charge < -0.3 is 14.4 Å². The highest BCUT2D eigenvalue weighted by atomic mass is 16.5. The van der Waals surface area contributed by atoms with Crippen LogP contribution in [-0.2, 0) is 11.3 Å². The van der Waals surface area contributed by atoms with Crippen LogP contribution in [0.15, 0.2) is 24.4 Å². The highest BCUT2D eigenvalue weighted by Crippen LogP contribution is 2.25. The molecule has 18 heavy (non-hydrogen) atoms. The Labute approximate surface area is 106 Å². The van der Waals surface area contributed by atoms with E-state index in [4.69, 9.17) is 9.84 Å². The first kappa shape index (κ1) is 12.5. The molecule has 4 heteroatoms. The second kappa shape index (κ2) is 5.12. The molecule has 0 unspecified atom stereocenters. The lowest BCUT2D eigenvalue weighted by Crippen LogP contribution is -2.03. The molecule has 0 spiro atoms. The van der Waals surface area contributed by atoms with Crippen LogP contribution in [-0.4, -0.2) is 22.2 Å². The van der Waals surface area contributed by atoms with Crippen LogP contribution in [0.2, 0.25) is 0 Å². The number of carboxylic acid groups (broad SMARTS) is 1. The number of aromatic nitrogens is 1. The summed E-state index contributed by atoms with van der Waals surface area (Å²) in [4.78, 5) is 10.6. The van der Waals surface area contributed by atoms with Gasteiger partial charge in [0.1, 0.15) is 5.75 Å². The molecule has 1 N–H and O–H groups in total. The summed E-state index contributed by atoms with van der Waals surface area (Å²) < 4.78 is 7.45. The van der Waals surface area contributed by atoms with Crippen LogP contribution in [0.1, 0.15) is 18.9 Å². The molecular weight excluding hydrogens is 230 g/mol. The van der Waals surface area contributed by atoms with Crippen molar-refractivity contribution in [2.45, 2.75) is 26.8 Å². The number of nitrogens with zero attached hydrogens (tertiary/aromatic N) is 1. The van der Waals surface area contributed by atoms with Gasteiger partial charge in [-0.25, -0.2) is 0 Å². The van der Waals surface area contributed by atoms with E-state index in [0.717, 1.165) is 22.2 Å². The van der Waals surface area contributed by atoms with Gasteiger partial charge >= 0.3 is 5.97 Å². The minimum Gasteiger partial charge on any atom is -0.494 e. The van der Waals surface area contributed by atoms with Crippen LogP contribution in [0, 0.1) is 6.92 Å². The number of hydrogen-bond donors (Lipinski definition) is 1. The first-order valence-corrected chi connectivity index (χ1v) is 6.06. The van der Waals surface area contributed by atoms with Gasteiger partial charge in [-0.05, 0) is 37.6 Å². The lowest BCUT2D eigenvalue weighted by molar-refractivity contribution is -0.137. The lowest BCUT2D eigenvalue weighted by Gasteiger charge is -2.05. The van der Waals surface area contributed by atoms with Crippen LogP contribution in [0.3, 0.4) is 0 Å². The number of carboxylic acids is 1. The molecule has 2 aromatic rings. The van der Waals surface area contributed by atoms with Crippen molar-refractivity contribution in [3.8, 4) is 5.75 Å². The van der Waals surface area contributed by atoms with E-state index in [1.807, 2.05) is 42.8 Å². The SMILES string of the molecule is CCOc1ccc2c(c1)c(C)cn2CCC(=O)O. The quantitative estimate of drug-likeness (QED) is 0.883.